The smallest absolute Gasteiger partial charge is 0.242 e. The van der Waals surface area contributed by atoms with Gasteiger partial charge in [-0.25, -0.2) is 0 Å². The zero-order valence-electron chi connectivity index (χ0n) is 16.7. The summed E-state index contributed by atoms with van der Waals surface area (Å²) in [5.74, 6) is -0.401. The van der Waals surface area contributed by atoms with Crippen LogP contribution >= 0.6 is 34.8 Å². The van der Waals surface area contributed by atoms with Gasteiger partial charge in [-0.05, 0) is 51.0 Å². The fourth-order valence-corrected chi connectivity index (χ4v) is 3.68. The number of nitrogens with zero attached hydrogens (tertiary/aromatic N) is 1. The second-order valence-electron chi connectivity index (χ2n) is 7.15. The monoisotopic (exact) mass is 454 g/mol. The predicted molar refractivity (Wildman–Crippen MR) is 120 cm³/mol. The molecule has 0 spiro atoms. The first kappa shape index (κ1) is 23.5. The third-order valence-electron chi connectivity index (χ3n) is 4.55. The normalized spacial score (nSPS) is 12.0. The maximum Gasteiger partial charge on any atom is 0.242 e. The van der Waals surface area contributed by atoms with Crippen molar-refractivity contribution in [2.75, 3.05) is 0 Å². The summed E-state index contributed by atoms with van der Waals surface area (Å²) >= 11 is 18.8. The first-order valence-electron chi connectivity index (χ1n) is 9.46. The van der Waals surface area contributed by atoms with Crippen molar-refractivity contribution in [3.63, 3.8) is 0 Å². The van der Waals surface area contributed by atoms with Crippen LogP contribution in [0.1, 0.15) is 38.3 Å². The lowest BCUT2D eigenvalue weighted by Crippen LogP contribution is -2.49. The lowest BCUT2D eigenvalue weighted by Gasteiger charge is -2.30. The number of amides is 2. The van der Waals surface area contributed by atoms with Gasteiger partial charge < -0.3 is 10.2 Å². The van der Waals surface area contributed by atoms with Gasteiger partial charge in [0, 0.05) is 39.6 Å². The first-order valence-corrected chi connectivity index (χ1v) is 10.6. The molecule has 29 heavy (non-hydrogen) atoms. The number of hydrogen-bond acceptors (Lipinski definition) is 2. The standard InChI is InChI=1S/C22H25Cl3N2O2/c1-14(2)26-22(29)15(3)27(13-17-19(24)9-6-10-20(17)25)21(28)12-11-16-7-4-5-8-18(16)23/h4-10,14-15H,11-13H2,1-3H3,(H,26,29)/t15-/m0/s1. The Bertz CT molecular complexity index is 851. The SMILES string of the molecule is CC(C)NC(=O)[C@H](C)N(Cc1c(Cl)cccc1Cl)C(=O)CCc1ccccc1Cl. The van der Waals surface area contributed by atoms with Crippen molar-refractivity contribution in [1.82, 2.24) is 10.2 Å². The highest BCUT2D eigenvalue weighted by Crippen LogP contribution is 2.27. The van der Waals surface area contributed by atoms with Gasteiger partial charge in [-0.2, -0.15) is 0 Å². The van der Waals surface area contributed by atoms with Crippen molar-refractivity contribution < 1.29 is 9.59 Å². The molecule has 0 unspecified atom stereocenters. The van der Waals surface area contributed by atoms with E-state index in [1.54, 1.807) is 31.2 Å². The van der Waals surface area contributed by atoms with Crippen molar-refractivity contribution in [1.29, 1.82) is 0 Å². The van der Waals surface area contributed by atoms with Gasteiger partial charge in [0.1, 0.15) is 6.04 Å². The zero-order chi connectivity index (χ0) is 21.6. The second kappa shape index (κ2) is 10.9. The van der Waals surface area contributed by atoms with E-state index in [9.17, 15) is 9.59 Å². The van der Waals surface area contributed by atoms with E-state index >= 15 is 0 Å². The Labute approximate surface area is 187 Å². The number of carbonyl (C=O) groups excluding carboxylic acids is 2. The summed E-state index contributed by atoms with van der Waals surface area (Å²) in [6.07, 6.45) is 0.689. The minimum Gasteiger partial charge on any atom is -0.352 e. The molecule has 2 aromatic rings. The summed E-state index contributed by atoms with van der Waals surface area (Å²) in [5.41, 5.74) is 1.50. The van der Waals surface area contributed by atoms with Crippen molar-refractivity contribution in [2.45, 2.75) is 52.2 Å². The molecule has 0 heterocycles. The minimum absolute atomic E-state index is 0.0334. The molecule has 2 aromatic carbocycles. The van der Waals surface area contributed by atoms with Gasteiger partial charge in [0.05, 0.1) is 0 Å². The lowest BCUT2D eigenvalue weighted by molar-refractivity contribution is -0.140. The Hall–Kier alpha value is -1.75. The fourth-order valence-electron chi connectivity index (χ4n) is 2.93. The summed E-state index contributed by atoms with van der Waals surface area (Å²) in [7, 11) is 0. The highest BCUT2D eigenvalue weighted by molar-refractivity contribution is 6.36. The molecule has 0 aliphatic rings. The average molecular weight is 456 g/mol. The third-order valence-corrected chi connectivity index (χ3v) is 5.63. The highest BCUT2D eigenvalue weighted by Gasteiger charge is 2.27. The highest BCUT2D eigenvalue weighted by atomic mass is 35.5. The van der Waals surface area contributed by atoms with Crippen molar-refractivity contribution in [3.8, 4) is 0 Å². The van der Waals surface area contributed by atoms with Crippen LogP contribution in [-0.4, -0.2) is 28.8 Å². The second-order valence-corrected chi connectivity index (χ2v) is 8.37. The Morgan fingerprint density at radius 3 is 2.10 bits per heavy atom. The van der Waals surface area contributed by atoms with Crippen molar-refractivity contribution in [3.05, 3.63) is 68.7 Å². The molecule has 1 N–H and O–H groups in total. The topological polar surface area (TPSA) is 49.4 Å². The predicted octanol–water partition coefficient (Wildman–Crippen LogP) is 5.52. The molecule has 0 aliphatic carbocycles. The minimum atomic E-state index is -0.677. The van der Waals surface area contributed by atoms with Crippen LogP contribution in [0.4, 0.5) is 0 Å². The van der Waals surface area contributed by atoms with Crippen molar-refractivity contribution in [2.24, 2.45) is 0 Å². The van der Waals surface area contributed by atoms with E-state index in [0.29, 0.717) is 27.1 Å². The lowest BCUT2D eigenvalue weighted by atomic mass is 10.1. The van der Waals surface area contributed by atoms with Crippen LogP contribution in [0.15, 0.2) is 42.5 Å². The molecular weight excluding hydrogens is 431 g/mol. The van der Waals surface area contributed by atoms with E-state index in [1.807, 2.05) is 32.0 Å². The number of hydrogen-bond donors (Lipinski definition) is 1. The Kier molecular flexibility index (Phi) is 8.81. The molecule has 0 bridgehead atoms. The molecule has 2 amide bonds. The average Bonchev–Trinajstić information content (AvgIpc) is 2.66. The maximum absolute atomic E-state index is 13.1. The summed E-state index contributed by atoms with van der Waals surface area (Å²) in [5, 5.41) is 4.39. The van der Waals surface area contributed by atoms with E-state index in [0.717, 1.165) is 5.56 Å². The van der Waals surface area contributed by atoms with Crippen LogP contribution in [0, 0.1) is 0 Å². The van der Waals surface area contributed by atoms with Crippen molar-refractivity contribution >= 4 is 46.6 Å². The number of aryl methyl sites for hydroxylation is 1. The summed E-state index contributed by atoms with van der Waals surface area (Å²) in [4.78, 5) is 27.2. The largest absolute Gasteiger partial charge is 0.352 e. The Morgan fingerprint density at radius 1 is 0.931 bits per heavy atom. The van der Waals surface area contributed by atoms with E-state index in [2.05, 4.69) is 5.32 Å². The molecule has 0 radical (unpaired) electrons. The number of rotatable bonds is 8. The number of nitrogens with one attached hydrogen (secondary N) is 1. The van der Waals surface area contributed by atoms with Crippen LogP contribution in [0.25, 0.3) is 0 Å². The number of benzene rings is 2. The van der Waals surface area contributed by atoms with E-state index < -0.39 is 6.04 Å². The van der Waals surface area contributed by atoms with Gasteiger partial charge in [0.2, 0.25) is 11.8 Å². The molecule has 4 nitrogen and oxygen atoms in total. The molecule has 0 saturated heterocycles. The van der Waals surface area contributed by atoms with Crippen LogP contribution < -0.4 is 5.32 Å². The maximum atomic E-state index is 13.1. The van der Waals surface area contributed by atoms with Gasteiger partial charge in [-0.1, -0.05) is 59.1 Å². The van der Waals surface area contributed by atoms with Crippen LogP contribution in [0.5, 0.6) is 0 Å². The fraction of sp³-hybridized carbons (Fsp3) is 0.364. The van der Waals surface area contributed by atoms with Gasteiger partial charge in [-0.3, -0.25) is 9.59 Å². The van der Waals surface area contributed by atoms with Gasteiger partial charge in [0.25, 0.3) is 0 Å². The molecule has 0 saturated carbocycles. The number of carbonyl (C=O) groups is 2. The van der Waals surface area contributed by atoms with Crippen LogP contribution in [0.3, 0.4) is 0 Å². The molecule has 0 aliphatic heterocycles. The third kappa shape index (κ3) is 6.63. The molecule has 1 atom stereocenters. The van der Waals surface area contributed by atoms with E-state index in [1.165, 1.54) is 4.90 Å². The summed E-state index contributed by atoms with van der Waals surface area (Å²) in [6, 6.07) is 11.9. The molecule has 7 heteroatoms. The molecule has 0 fully saturated rings. The summed E-state index contributed by atoms with van der Waals surface area (Å²) in [6.45, 7) is 5.60. The van der Waals surface area contributed by atoms with Crippen LogP contribution in [0.2, 0.25) is 15.1 Å². The Morgan fingerprint density at radius 2 is 1.52 bits per heavy atom. The van der Waals surface area contributed by atoms with Gasteiger partial charge >= 0.3 is 0 Å². The molecule has 0 aromatic heterocycles. The molecular formula is C22H25Cl3N2O2. The summed E-state index contributed by atoms with van der Waals surface area (Å²) < 4.78 is 0. The van der Waals surface area contributed by atoms with Gasteiger partial charge in [0.15, 0.2) is 0 Å². The van der Waals surface area contributed by atoms with Gasteiger partial charge in [-0.15, -0.1) is 0 Å². The Balaban J connectivity index is 2.24. The molecule has 2 rings (SSSR count). The first-order chi connectivity index (χ1) is 13.7. The number of halogens is 3. The quantitative estimate of drug-likeness (QED) is 0.569. The van der Waals surface area contributed by atoms with E-state index in [-0.39, 0.29) is 30.8 Å². The van der Waals surface area contributed by atoms with E-state index in [4.69, 9.17) is 34.8 Å². The zero-order valence-corrected chi connectivity index (χ0v) is 19.0. The molecule has 156 valence electrons. The van der Waals surface area contributed by atoms with Crippen LogP contribution in [-0.2, 0) is 22.6 Å².